The average Bonchev–Trinajstić information content (AvgIpc) is 3.18. The summed E-state index contributed by atoms with van der Waals surface area (Å²) in [7, 11) is 0. The number of imide groups is 1. The predicted octanol–water partition coefficient (Wildman–Crippen LogP) is 4.84. The zero-order chi connectivity index (χ0) is 25.7. The number of amides is 3. The second kappa shape index (κ2) is 11.3. The van der Waals surface area contributed by atoms with Gasteiger partial charge in [0, 0.05) is 12.1 Å². The first-order valence-corrected chi connectivity index (χ1v) is 12.6. The molecule has 0 N–H and O–H groups in total. The maximum atomic E-state index is 13.6. The van der Waals surface area contributed by atoms with E-state index in [1.165, 1.54) is 24.1 Å². The van der Waals surface area contributed by atoms with E-state index in [2.05, 4.69) is 6.08 Å². The summed E-state index contributed by atoms with van der Waals surface area (Å²) in [5.74, 6) is -1.51. The van der Waals surface area contributed by atoms with Gasteiger partial charge in [0.2, 0.25) is 5.91 Å². The Labute approximate surface area is 211 Å². The number of ether oxygens (including phenoxy) is 1. The van der Waals surface area contributed by atoms with Crippen LogP contribution >= 0.6 is 0 Å². The van der Waals surface area contributed by atoms with E-state index < -0.39 is 17.9 Å². The van der Waals surface area contributed by atoms with Crippen molar-refractivity contribution >= 4 is 29.4 Å². The molecule has 4 rings (SSSR count). The molecule has 1 unspecified atom stereocenters. The van der Waals surface area contributed by atoms with Crippen LogP contribution in [0.1, 0.15) is 71.7 Å². The van der Waals surface area contributed by atoms with Gasteiger partial charge in [0.25, 0.3) is 11.8 Å². The SMILES string of the molecule is CCOC(=O)c1ccc(N2C(=O)CC(N(CCC3=CCCCC3)C(=O)c3ccc(C)cc3)C2=O)cc1. The minimum absolute atomic E-state index is 0.0743. The van der Waals surface area contributed by atoms with Gasteiger partial charge in [0.05, 0.1) is 24.3 Å². The summed E-state index contributed by atoms with van der Waals surface area (Å²) < 4.78 is 5.00. The Hall–Kier alpha value is -3.74. The van der Waals surface area contributed by atoms with E-state index in [1.54, 1.807) is 36.1 Å². The molecule has 1 saturated heterocycles. The molecular formula is C29H32N2O5. The minimum Gasteiger partial charge on any atom is -0.462 e. The molecule has 7 nitrogen and oxygen atoms in total. The van der Waals surface area contributed by atoms with Gasteiger partial charge in [0.15, 0.2) is 0 Å². The van der Waals surface area contributed by atoms with Crippen LogP contribution in [0.25, 0.3) is 0 Å². The lowest BCUT2D eigenvalue weighted by atomic mass is 9.96. The summed E-state index contributed by atoms with van der Waals surface area (Å²) >= 11 is 0. The normalized spacial score (nSPS) is 17.7. The number of allylic oxidation sites excluding steroid dienone is 1. The van der Waals surface area contributed by atoms with Crippen molar-refractivity contribution in [1.29, 1.82) is 0 Å². The van der Waals surface area contributed by atoms with Crippen molar-refractivity contribution in [2.24, 2.45) is 0 Å². The van der Waals surface area contributed by atoms with E-state index in [9.17, 15) is 19.2 Å². The number of hydrogen-bond acceptors (Lipinski definition) is 5. The van der Waals surface area contributed by atoms with Crippen LogP contribution in [0.4, 0.5) is 5.69 Å². The highest BCUT2D eigenvalue weighted by atomic mass is 16.5. The zero-order valence-corrected chi connectivity index (χ0v) is 20.9. The van der Waals surface area contributed by atoms with Gasteiger partial charge in [-0.05, 0) is 82.3 Å². The van der Waals surface area contributed by atoms with Gasteiger partial charge in [-0.3, -0.25) is 14.4 Å². The summed E-state index contributed by atoms with van der Waals surface area (Å²) in [6.45, 7) is 4.30. The van der Waals surface area contributed by atoms with E-state index in [1.807, 2.05) is 19.1 Å². The van der Waals surface area contributed by atoms with Gasteiger partial charge < -0.3 is 9.64 Å². The van der Waals surface area contributed by atoms with Crippen LogP contribution in [0.3, 0.4) is 0 Å². The number of rotatable bonds is 8. The van der Waals surface area contributed by atoms with E-state index in [4.69, 9.17) is 4.74 Å². The average molecular weight is 489 g/mol. The highest BCUT2D eigenvalue weighted by molar-refractivity contribution is 6.23. The number of esters is 1. The van der Waals surface area contributed by atoms with Gasteiger partial charge in [-0.2, -0.15) is 0 Å². The fourth-order valence-corrected chi connectivity index (χ4v) is 4.75. The van der Waals surface area contributed by atoms with Crippen molar-refractivity contribution in [3.05, 3.63) is 76.9 Å². The quantitative estimate of drug-likeness (QED) is 0.302. The highest BCUT2D eigenvalue weighted by Crippen LogP contribution is 2.29. The Morgan fingerprint density at radius 2 is 1.69 bits per heavy atom. The van der Waals surface area contributed by atoms with E-state index >= 15 is 0 Å². The molecule has 0 saturated carbocycles. The maximum absolute atomic E-state index is 13.6. The Balaban J connectivity index is 1.57. The van der Waals surface area contributed by atoms with Crippen molar-refractivity contribution in [3.8, 4) is 0 Å². The second-order valence-electron chi connectivity index (χ2n) is 9.28. The number of anilines is 1. The molecule has 2 aliphatic rings. The molecule has 0 bridgehead atoms. The summed E-state index contributed by atoms with van der Waals surface area (Å²) in [6.07, 6.45) is 7.19. The van der Waals surface area contributed by atoms with Crippen LogP contribution < -0.4 is 4.90 Å². The third kappa shape index (κ3) is 5.56. The lowest BCUT2D eigenvalue weighted by Gasteiger charge is -2.28. The van der Waals surface area contributed by atoms with Gasteiger partial charge in [-0.1, -0.05) is 29.3 Å². The molecule has 36 heavy (non-hydrogen) atoms. The van der Waals surface area contributed by atoms with Gasteiger partial charge in [-0.15, -0.1) is 0 Å². The van der Waals surface area contributed by atoms with Crippen LogP contribution in [0, 0.1) is 6.92 Å². The Bertz CT molecular complexity index is 1170. The van der Waals surface area contributed by atoms with E-state index in [0.29, 0.717) is 29.8 Å². The molecule has 0 aromatic heterocycles. The highest BCUT2D eigenvalue weighted by Gasteiger charge is 2.44. The Morgan fingerprint density at radius 3 is 2.33 bits per heavy atom. The molecule has 3 amide bonds. The largest absolute Gasteiger partial charge is 0.462 e. The second-order valence-corrected chi connectivity index (χ2v) is 9.28. The molecule has 1 aliphatic carbocycles. The molecule has 7 heteroatoms. The van der Waals surface area contributed by atoms with Crippen molar-refractivity contribution < 1.29 is 23.9 Å². The summed E-state index contributed by atoms with van der Waals surface area (Å²) in [5, 5.41) is 0. The van der Waals surface area contributed by atoms with Gasteiger partial charge >= 0.3 is 5.97 Å². The van der Waals surface area contributed by atoms with E-state index in [-0.39, 0.29) is 24.8 Å². The molecule has 188 valence electrons. The van der Waals surface area contributed by atoms with Crippen LogP contribution in [-0.4, -0.2) is 47.8 Å². The fourth-order valence-electron chi connectivity index (χ4n) is 4.75. The fraction of sp³-hybridized carbons (Fsp3) is 0.379. The molecule has 2 aromatic carbocycles. The molecule has 2 aromatic rings. The van der Waals surface area contributed by atoms with Crippen LogP contribution in [0.2, 0.25) is 0 Å². The zero-order valence-electron chi connectivity index (χ0n) is 20.9. The molecule has 1 aliphatic heterocycles. The number of carbonyl (C=O) groups is 4. The molecule has 1 heterocycles. The molecular weight excluding hydrogens is 456 g/mol. The first kappa shape index (κ1) is 25.4. The number of aryl methyl sites for hydroxylation is 1. The standard InChI is InChI=1S/C29H32N2O5/c1-3-36-29(35)23-13-15-24(16-14-23)31-26(32)19-25(28(31)34)30(18-17-21-7-5-4-6-8-21)27(33)22-11-9-20(2)10-12-22/h7,9-16,25H,3-6,8,17-19H2,1-2H3. The first-order chi connectivity index (χ1) is 17.4. The Morgan fingerprint density at radius 1 is 1.00 bits per heavy atom. The maximum Gasteiger partial charge on any atom is 0.338 e. The third-order valence-corrected chi connectivity index (χ3v) is 6.75. The lowest BCUT2D eigenvalue weighted by molar-refractivity contribution is -0.122. The first-order valence-electron chi connectivity index (χ1n) is 12.6. The third-order valence-electron chi connectivity index (χ3n) is 6.75. The predicted molar refractivity (Wildman–Crippen MR) is 137 cm³/mol. The van der Waals surface area contributed by atoms with Crippen LogP contribution in [0.15, 0.2) is 60.2 Å². The topological polar surface area (TPSA) is 84.0 Å². The van der Waals surface area contributed by atoms with Crippen molar-refractivity contribution in [2.75, 3.05) is 18.1 Å². The van der Waals surface area contributed by atoms with Crippen molar-refractivity contribution in [3.63, 3.8) is 0 Å². The smallest absolute Gasteiger partial charge is 0.338 e. The summed E-state index contributed by atoms with van der Waals surface area (Å²) in [5.41, 5.74) is 3.54. The summed E-state index contributed by atoms with van der Waals surface area (Å²) in [6, 6.07) is 12.6. The molecule has 0 radical (unpaired) electrons. The molecule has 1 fully saturated rings. The molecule has 0 spiro atoms. The number of nitrogens with zero attached hydrogens (tertiary/aromatic N) is 2. The van der Waals surface area contributed by atoms with Crippen molar-refractivity contribution in [2.45, 2.75) is 58.4 Å². The Kier molecular flexibility index (Phi) is 7.98. The lowest BCUT2D eigenvalue weighted by Crippen LogP contribution is -2.46. The number of hydrogen-bond donors (Lipinski definition) is 0. The number of carbonyl (C=O) groups excluding carboxylic acids is 4. The minimum atomic E-state index is -0.875. The number of benzene rings is 2. The van der Waals surface area contributed by atoms with Crippen molar-refractivity contribution in [1.82, 2.24) is 4.90 Å². The van der Waals surface area contributed by atoms with Gasteiger partial charge in [-0.25, -0.2) is 9.69 Å². The monoisotopic (exact) mass is 488 g/mol. The van der Waals surface area contributed by atoms with E-state index in [0.717, 1.165) is 29.7 Å². The molecule has 1 atom stereocenters. The van der Waals surface area contributed by atoms with Crippen LogP contribution in [0.5, 0.6) is 0 Å². The van der Waals surface area contributed by atoms with Gasteiger partial charge in [0.1, 0.15) is 6.04 Å². The summed E-state index contributed by atoms with van der Waals surface area (Å²) in [4.78, 5) is 54.7. The van der Waals surface area contributed by atoms with Crippen LogP contribution in [-0.2, 0) is 14.3 Å².